The molecule has 2 N–H and O–H groups in total. The van der Waals surface area contributed by atoms with Crippen molar-refractivity contribution in [2.45, 2.75) is 39.2 Å². The molecular weight excluding hydrogens is 368 g/mol. The highest BCUT2D eigenvalue weighted by Gasteiger charge is 2.33. The summed E-state index contributed by atoms with van der Waals surface area (Å²) in [5, 5.41) is 5.60. The first-order valence-electron chi connectivity index (χ1n) is 9.75. The lowest BCUT2D eigenvalue weighted by Crippen LogP contribution is -2.45. The van der Waals surface area contributed by atoms with Gasteiger partial charge in [0.2, 0.25) is 0 Å². The Morgan fingerprint density at radius 1 is 1.10 bits per heavy atom. The Labute approximate surface area is 170 Å². The third-order valence-electron chi connectivity index (χ3n) is 4.78. The summed E-state index contributed by atoms with van der Waals surface area (Å²) in [6, 6.07) is 14.2. The monoisotopic (exact) mass is 394 g/mol. The number of rotatable bonds is 7. The average Bonchev–Trinajstić information content (AvgIpc) is 2.72. The number of benzene rings is 2. The molecule has 0 spiro atoms. The molecule has 6 heteroatoms. The number of esters is 1. The van der Waals surface area contributed by atoms with E-state index in [4.69, 9.17) is 9.47 Å². The number of methoxy groups -OCH3 is 1. The third-order valence-corrected chi connectivity index (χ3v) is 4.78. The SMILES string of the molecule is CCCCC1=C(C(=O)OC)C(c2ccc(Oc3cccc(C)c3)cc2)NC(=O)N1. The van der Waals surface area contributed by atoms with Gasteiger partial charge in [-0.05, 0) is 55.2 Å². The molecule has 0 bridgehead atoms. The lowest BCUT2D eigenvalue weighted by atomic mass is 9.93. The molecule has 0 saturated carbocycles. The van der Waals surface area contributed by atoms with Crippen molar-refractivity contribution >= 4 is 12.0 Å². The molecule has 0 saturated heterocycles. The Kier molecular flexibility index (Phi) is 6.54. The summed E-state index contributed by atoms with van der Waals surface area (Å²) >= 11 is 0. The number of carbonyl (C=O) groups excluding carboxylic acids is 2. The molecule has 0 radical (unpaired) electrons. The van der Waals surface area contributed by atoms with E-state index >= 15 is 0 Å². The van der Waals surface area contributed by atoms with Crippen LogP contribution in [0, 0.1) is 6.92 Å². The first kappa shape index (κ1) is 20.5. The fourth-order valence-corrected chi connectivity index (χ4v) is 3.31. The van der Waals surface area contributed by atoms with Crippen molar-refractivity contribution in [2.75, 3.05) is 7.11 Å². The summed E-state index contributed by atoms with van der Waals surface area (Å²) in [4.78, 5) is 24.7. The predicted molar refractivity (Wildman–Crippen MR) is 111 cm³/mol. The van der Waals surface area contributed by atoms with Crippen LogP contribution in [0.1, 0.15) is 43.4 Å². The van der Waals surface area contributed by atoms with Crippen molar-refractivity contribution in [3.05, 3.63) is 70.9 Å². The number of hydrogen-bond donors (Lipinski definition) is 2. The van der Waals surface area contributed by atoms with Crippen molar-refractivity contribution < 1.29 is 19.1 Å². The highest BCUT2D eigenvalue weighted by molar-refractivity contribution is 5.95. The minimum atomic E-state index is -0.573. The molecule has 1 aliphatic rings. The maximum absolute atomic E-state index is 12.5. The molecule has 2 amide bonds. The largest absolute Gasteiger partial charge is 0.466 e. The predicted octanol–water partition coefficient (Wildman–Crippen LogP) is 4.76. The average molecular weight is 394 g/mol. The number of hydrogen-bond acceptors (Lipinski definition) is 4. The fraction of sp³-hybridized carbons (Fsp3) is 0.304. The van der Waals surface area contributed by atoms with Gasteiger partial charge in [0, 0.05) is 5.70 Å². The van der Waals surface area contributed by atoms with Crippen LogP contribution < -0.4 is 15.4 Å². The fourth-order valence-electron chi connectivity index (χ4n) is 3.31. The lowest BCUT2D eigenvalue weighted by Gasteiger charge is -2.29. The van der Waals surface area contributed by atoms with Crippen LogP contribution in [-0.2, 0) is 9.53 Å². The van der Waals surface area contributed by atoms with Gasteiger partial charge in [-0.1, -0.05) is 37.6 Å². The van der Waals surface area contributed by atoms with Crippen LogP contribution in [0.25, 0.3) is 0 Å². The number of carbonyl (C=O) groups is 2. The van der Waals surface area contributed by atoms with Gasteiger partial charge in [-0.2, -0.15) is 0 Å². The van der Waals surface area contributed by atoms with E-state index in [-0.39, 0.29) is 6.03 Å². The second kappa shape index (κ2) is 9.28. The number of nitrogens with one attached hydrogen (secondary N) is 2. The standard InChI is InChI=1S/C23H26N2O4/c1-4-5-9-19-20(22(26)28-3)21(25-23(27)24-19)16-10-12-17(13-11-16)29-18-8-6-7-15(2)14-18/h6-8,10-14,21H,4-5,9H2,1-3H3,(H2,24,25,27). The number of amides is 2. The Bertz CT molecular complexity index is 919. The van der Waals surface area contributed by atoms with Gasteiger partial charge in [0.15, 0.2) is 0 Å². The van der Waals surface area contributed by atoms with Gasteiger partial charge in [-0.3, -0.25) is 0 Å². The van der Waals surface area contributed by atoms with Crippen LogP contribution in [0.15, 0.2) is 59.8 Å². The first-order valence-corrected chi connectivity index (χ1v) is 9.75. The zero-order chi connectivity index (χ0) is 20.8. The van der Waals surface area contributed by atoms with Gasteiger partial charge in [0.1, 0.15) is 11.5 Å². The maximum Gasteiger partial charge on any atom is 0.337 e. The van der Waals surface area contributed by atoms with Crippen molar-refractivity contribution in [1.29, 1.82) is 0 Å². The molecule has 0 aromatic heterocycles. The number of allylic oxidation sites excluding steroid dienone is 1. The first-order chi connectivity index (χ1) is 14.0. The second-order valence-electron chi connectivity index (χ2n) is 7.01. The summed E-state index contributed by atoms with van der Waals surface area (Å²) in [6.45, 7) is 4.07. The molecule has 1 heterocycles. The molecule has 2 aromatic carbocycles. The minimum absolute atomic E-state index is 0.325. The highest BCUT2D eigenvalue weighted by Crippen LogP contribution is 2.31. The number of aryl methyl sites for hydroxylation is 1. The van der Waals surface area contributed by atoms with E-state index < -0.39 is 12.0 Å². The summed E-state index contributed by atoms with van der Waals surface area (Å²) < 4.78 is 10.9. The van der Waals surface area contributed by atoms with Crippen molar-refractivity contribution in [1.82, 2.24) is 10.6 Å². The van der Waals surface area contributed by atoms with Crippen molar-refractivity contribution in [3.63, 3.8) is 0 Å². The molecule has 29 heavy (non-hydrogen) atoms. The minimum Gasteiger partial charge on any atom is -0.466 e. The van der Waals surface area contributed by atoms with Crippen LogP contribution in [0.3, 0.4) is 0 Å². The number of unbranched alkanes of at least 4 members (excludes halogenated alkanes) is 1. The molecular formula is C23H26N2O4. The van der Waals surface area contributed by atoms with Gasteiger partial charge in [0.05, 0.1) is 18.7 Å². The smallest absolute Gasteiger partial charge is 0.337 e. The van der Waals surface area contributed by atoms with E-state index in [1.807, 2.05) is 55.5 Å². The normalized spacial score (nSPS) is 16.1. The number of urea groups is 1. The van der Waals surface area contributed by atoms with Gasteiger partial charge in [-0.25, -0.2) is 9.59 Å². The summed E-state index contributed by atoms with van der Waals surface area (Å²) in [6.07, 6.45) is 2.43. The van der Waals surface area contributed by atoms with E-state index in [9.17, 15) is 9.59 Å². The van der Waals surface area contributed by atoms with Gasteiger partial charge < -0.3 is 20.1 Å². The highest BCUT2D eigenvalue weighted by atomic mass is 16.5. The topological polar surface area (TPSA) is 76.7 Å². The van der Waals surface area contributed by atoms with E-state index in [1.54, 1.807) is 0 Å². The van der Waals surface area contributed by atoms with Crippen LogP contribution in [0.5, 0.6) is 11.5 Å². The molecule has 1 unspecified atom stereocenters. The molecule has 0 aliphatic carbocycles. The summed E-state index contributed by atoms with van der Waals surface area (Å²) in [7, 11) is 1.35. The third kappa shape index (κ3) is 4.96. The summed E-state index contributed by atoms with van der Waals surface area (Å²) in [5.41, 5.74) is 2.95. The quantitative estimate of drug-likeness (QED) is 0.664. The van der Waals surface area contributed by atoms with E-state index in [2.05, 4.69) is 17.6 Å². The van der Waals surface area contributed by atoms with Crippen molar-refractivity contribution in [3.8, 4) is 11.5 Å². The van der Waals surface area contributed by atoms with Gasteiger partial charge in [-0.15, -0.1) is 0 Å². The zero-order valence-electron chi connectivity index (χ0n) is 17.0. The van der Waals surface area contributed by atoms with Gasteiger partial charge >= 0.3 is 12.0 Å². The number of ether oxygens (including phenoxy) is 2. The lowest BCUT2D eigenvalue weighted by molar-refractivity contribution is -0.136. The molecule has 1 aliphatic heterocycles. The Morgan fingerprint density at radius 2 is 1.86 bits per heavy atom. The van der Waals surface area contributed by atoms with Crippen LogP contribution in [0.2, 0.25) is 0 Å². The maximum atomic E-state index is 12.5. The van der Waals surface area contributed by atoms with E-state index in [0.717, 1.165) is 29.7 Å². The van der Waals surface area contributed by atoms with Crippen LogP contribution >= 0.6 is 0 Å². The molecule has 152 valence electrons. The van der Waals surface area contributed by atoms with Crippen LogP contribution in [0.4, 0.5) is 4.79 Å². The van der Waals surface area contributed by atoms with E-state index in [0.29, 0.717) is 23.4 Å². The molecule has 6 nitrogen and oxygen atoms in total. The molecule has 0 fully saturated rings. The molecule has 1 atom stereocenters. The Balaban J connectivity index is 1.88. The van der Waals surface area contributed by atoms with E-state index in [1.165, 1.54) is 7.11 Å². The van der Waals surface area contributed by atoms with Crippen LogP contribution in [-0.4, -0.2) is 19.1 Å². The summed E-state index contributed by atoms with van der Waals surface area (Å²) in [5.74, 6) is 0.980. The molecule has 2 aromatic rings. The van der Waals surface area contributed by atoms with Crippen molar-refractivity contribution in [2.24, 2.45) is 0 Å². The Morgan fingerprint density at radius 3 is 2.52 bits per heavy atom. The zero-order valence-corrected chi connectivity index (χ0v) is 17.0. The second-order valence-corrected chi connectivity index (χ2v) is 7.01. The van der Waals surface area contributed by atoms with Gasteiger partial charge in [0.25, 0.3) is 0 Å². The molecule has 3 rings (SSSR count). The Hall–Kier alpha value is -3.28.